The van der Waals surface area contributed by atoms with E-state index < -0.39 is 15.8 Å². The van der Waals surface area contributed by atoms with Crippen LogP contribution >= 0.6 is 11.6 Å². The van der Waals surface area contributed by atoms with Crippen molar-refractivity contribution in [3.05, 3.63) is 64.9 Å². The molecule has 1 amide bonds. The molecule has 25 heavy (non-hydrogen) atoms. The van der Waals surface area contributed by atoms with E-state index in [1.165, 1.54) is 0 Å². The summed E-state index contributed by atoms with van der Waals surface area (Å²) >= 11 is 5.95. The highest BCUT2D eigenvalue weighted by atomic mass is 35.5. The zero-order valence-corrected chi connectivity index (χ0v) is 15.1. The normalized spacial score (nSPS) is 20.1. The van der Waals surface area contributed by atoms with Gasteiger partial charge in [-0.3, -0.25) is 9.78 Å². The molecule has 0 aliphatic carbocycles. The van der Waals surface area contributed by atoms with E-state index in [2.05, 4.69) is 10.3 Å². The van der Waals surface area contributed by atoms with Crippen LogP contribution in [0.25, 0.3) is 0 Å². The molecule has 132 valence electrons. The van der Waals surface area contributed by atoms with E-state index in [0.29, 0.717) is 17.9 Å². The summed E-state index contributed by atoms with van der Waals surface area (Å²) < 4.78 is 23.2. The lowest BCUT2D eigenvalue weighted by atomic mass is 9.91. The van der Waals surface area contributed by atoms with Crippen molar-refractivity contribution < 1.29 is 13.2 Å². The van der Waals surface area contributed by atoms with E-state index in [0.717, 1.165) is 11.1 Å². The highest BCUT2D eigenvalue weighted by Crippen LogP contribution is 2.24. The topological polar surface area (TPSA) is 76.1 Å². The minimum atomic E-state index is -3.04. The molecule has 1 N–H and O–H groups in total. The third-order valence-corrected chi connectivity index (χ3v) is 6.38. The summed E-state index contributed by atoms with van der Waals surface area (Å²) in [5.41, 5.74) is 1.84. The van der Waals surface area contributed by atoms with E-state index >= 15 is 0 Å². The molecular weight excluding hydrogens is 360 g/mol. The molecule has 1 saturated heterocycles. The number of sulfone groups is 1. The highest BCUT2D eigenvalue weighted by Gasteiger charge is 2.31. The minimum absolute atomic E-state index is 0.0152. The smallest absolute Gasteiger partial charge is 0.228 e. The van der Waals surface area contributed by atoms with Gasteiger partial charge >= 0.3 is 0 Å². The van der Waals surface area contributed by atoms with Gasteiger partial charge in [-0.2, -0.15) is 0 Å². The van der Waals surface area contributed by atoms with Gasteiger partial charge in [-0.05, 0) is 48.2 Å². The predicted octanol–water partition coefficient (Wildman–Crippen LogP) is 2.36. The Morgan fingerprint density at radius 1 is 1.20 bits per heavy atom. The molecule has 2 aromatic rings. The number of rotatable bonds is 5. The van der Waals surface area contributed by atoms with Crippen molar-refractivity contribution in [3.8, 4) is 0 Å². The molecule has 7 heteroatoms. The second-order valence-electron chi connectivity index (χ2n) is 6.27. The first-order valence-electron chi connectivity index (χ1n) is 8.08. The van der Waals surface area contributed by atoms with Crippen molar-refractivity contribution in [1.82, 2.24) is 10.3 Å². The quantitative estimate of drug-likeness (QED) is 0.866. The number of hydrogen-bond donors (Lipinski definition) is 1. The molecule has 2 atom stereocenters. The first-order valence-corrected chi connectivity index (χ1v) is 10.3. The van der Waals surface area contributed by atoms with Gasteiger partial charge in [0.25, 0.3) is 0 Å². The first-order chi connectivity index (χ1) is 11.9. The summed E-state index contributed by atoms with van der Waals surface area (Å²) in [5, 5.41) is 3.51. The number of halogens is 1. The molecule has 1 aromatic carbocycles. The SMILES string of the molecule is O=C(NC1CCS(=O)(=O)C1)C(Cc1ccncc1)c1ccc(Cl)cc1. The van der Waals surface area contributed by atoms with Crippen molar-refractivity contribution >= 4 is 27.3 Å². The van der Waals surface area contributed by atoms with Gasteiger partial charge in [0.05, 0.1) is 17.4 Å². The summed E-state index contributed by atoms with van der Waals surface area (Å²) in [4.78, 5) is 16.8. The van der Waals surface area contributed by atoms with E-state index in [1.54, 1.807) is 24.5 Å². The van der Waals surface area contributed by atoms with Crippen molar-refractivity contribution in [3.63, 3.8) is 0 Å². The maximum atomic E-state index is 12.8. The largest absolute Gasteiger partial charge is 0.352 e. The molecule has 0 saturated carbocycles. The Kier molecular flexibility index (Phi) is 5.39. The van der Waals surface area contributed by atoms with E-state index in [-0.39, 0.29) is 23.5 Å². The van der Waals surface area contributed by atoms with Gasteiger partial charge in [0.1, 0.15) is 0 Å². The number of amides is 1. The van der Waals surface area contributed by atoms with Crippen molar-refractivity contribution in [2.24, 2.45) is 0 Å². The van der Waals surface area contributed by atoms with E-state index in [9.17, 15) is 13.2 Å². The maximum Gasteiger partial charge on any atom is 0.228 e. The Bertz CT molecular complexity index is 838. The molecule has 1 aliphatic heterocycles. The van der Waals surface area contributed by atoms with Crippen LogP contribution in [0.5, 0.6) is 0 Å². The van der Waals surface area contributed by atoms with Crippen molar-refractivity contribution in [1.29, 1.82) is 0 Å². The van der Waals surface area contributed by atoms with Crippen molar-refractivity contribution in [2.45, 2.75) is 24.8 Å². The number of aromatic nitrogens is 1. The van der Waals surface area contributed by atoms with Gasteiger partial charge in [-0.15, -0.1) is 0 Å². The van der Waals surface area contributed by atoms with E-state index in [1.807, 2.05) is 24.3 Å². The fourth-order valence-electron chi connectivity index (χ4n) is 3.02. The second-order valence-corrected chi connectivity index (χ2v) is 8.94. The third kappa shape index (κ3) is 4.80. The lowest BCUT2D eigenvalue weighted by Crippen LogP contribution is -2.39. The molecular formula is C18H19ClN2O3S. The number of carbonyl (C=O) groups is 1. The van der Waals surface area contributed by atoms with Crippen LogP contribution in [0.15, 0.2) is 48.8 Å². The van der Waals surface area contributed by atoms with Crippen molar-refractivity contribution in [2.75, 3.05) is 11.5 Å². The van der Waals surface area contributed by atoms with Crippen LogP contribution in [-0.4, -0.2) is 36.9 Å². The van der Waals surface area contributed by atoms with Crippen LogP contribution in [0.1, 0.15) is 23.5 Å². The molecule has 0 bridgehead atoms. The minimum Gasteiger partial charge on any atom is -0.352 e. The molecule has 3 rings (SSSR count). The summed E-state index contributed by atoms with van der Waals surface area (Å²) in [5.74, 6) is -0.431. The lowest BCUT2D eigenvalue weighted by Gasteiger charge is -2.20. The first kappa shape index (κ1) is 17.9. The average molecular weight is 379 g/mol. The molecule has 1 aromatic heterocycles. The van der Waals surface area contributed by atoms with Crippen LogP contribution in [0.4, 0.5) is 0 Å². The van der Waals surface area contributed by atoms with Gasteiger partial charge in [0, 0.05) is 23.5 Å². The molecule has 2 unspecified atom stereocenters. The Hall–Kier alpha value is -1.92. The molecule has 0 radical (unpaired) electrons. The maximum absolute atomic E-state index is 12.8. The average Bonchev–Trinajstić information content (AvgIpc) is 2.93. The van der Waals surface area contributed by atoms with Gasteiger partial charge < -0.3 is 5.32 Å². The molecule has 0 spiro atoms. The van der Waals surface area contributed by atoms with Gasteiger partial charge in [0.15, 0.2) is 9.84 Å². The summed E-state index contributed by atoms with van der Waals surface area (Å²) in [7, 11) is -3.04. The monoisotopic (exact) mass is 378 g/mol. The summed E-state index contributed by atoms with van der Waals surface area (Å²) in [6.07, 6.45) is 4.36. The van der Waals surface area contributed by atoms with Gasteiger partial charge in [-0.1, -0.05) is 23.7 Å². The highest BCUT2D eigenvalue weighted by molar-refractivity contribution is 7.91. The third-order valence-electron chi connectivity index (χ3n) is 4.36. The van der Waals surface area contributed by atoms with Crippen LogP contribution in [0.2, 0.25) is 5.02 Å². The zero-order chi connectivity index (χ0) is 17.9. The Labute approximate surface area is 152 Å². The second kappa shape index (κ2) is 7.54. The van der Waals surface area contributed by atoms with Gasteiger partial charge in [-0.25, -0.2) is 8.42 Å². The summed E-state index contributed by atoms with van der Waals surface area (Å²) in [6.45, 7) is 0. The van der Waals surface area contributed by atoms with Crippen LogP contribution in [0.3, 0.4) is 0 Å². The zero-order valence-electron chi connectivity index (χ0n) is 13.6. The lowest BCUT2D eigenvalue weighted by molar-refractivity contribution is -0.123. The van der Waals surface area contributed by atoms with Crippen LogP contribution in [0, 0.1) is 0 Å². The molecule has 2 heterocycles. The number of pyridine rings is 1. The fraction of sp³-hybridized carbons (Fsp3) is 0.333. The van der Waals surface area contributed by atoms with Crippen LogP contribution < -0.4 is 5.32 Å². The van der Waals surface area contributed by atoms with E-state index in [4.69, 9.17) is 11.6 Å². The predicted molar refractivity (Wildman–Crippen MR) is 97.3 cm³/mol. The number of carbonyl (C=O) groups excluding carboxylic acids is 1. The molecule has 5 nitrogen and oxygen atoms in total. The number of benzene rings is 1. The number of hydrogen-bond acceptors (Lipinski definition) is 4. The van der Waals surface area contributed by atoms with Crippen LogP contribution in [-0.2, 0) is 21.1 Å². The Morgan fingerprint density at radius 3 is 2.48 bits per heavy atom. The fourth-order valence-corrected chi connectivity index (χ4v) is 4.82. The summed E-state index contributed by atoms with van der Waals surface area (Å²) in [6, 6.07) is 10.6. The number of nitrogens with one attached hydrogen (secondary N) is 1. The molecule has 1 aliphatic rings. The Balaban J connectivity index is 1.80. The molecule has 1 fully saturated rings. The number of nitrogens with zero attached hydrogens (tertiary/aromatic N) is 1. The standard InChI is InChI=1S/C18H19ClN2O3S/c19-15-3-1-14(2-4-15)17(11-13-5-8-20-9-6-13)18(22)21-16-7-10-25(23,24)12-16/h1-6,8-9,16-17H,7,10-12H2,(H,21,22). The Morgan fingerprint density at radius 2 is 1.88 bits per heavy atom. The van der Waals surface area contributed by atoms with Gasteiger partial charge in [0.2, 0.25) is 5.91 Å².